The molecule has 1 fully saturated rings. The van der Waals surface area contributed by atoms with Gasteiger partial charge >= 0.3 is 0 Å². The molecule has 2 unspecified atom stereocenters. The Labute approximate surface area is 274 Å². The molecule has 3 aromatic carbocycles. The third-order valence-electron chi connectivity index (χ3n) is 8.62. The highest BCUT2D eigenvalue weighted by molar-refractivity contribution is 5.97. The maximum Gasteiger partial charge on any atom is 0.162 e. The number of hydrogen-bond acceptors (Lipinski definition) is 5. The Morgan fingerprint density at radius 3 is 2.52 bits per heavy atom. The van der Waals surface area contributed by atoms with E-state index in [1.807, 2.05) is 82.3 Å². The number of nitriles is 1. The highest BCUT2D eigenvalue weighted by Crippen LogP contribution is 2.34. The largest absolute Gasteiger partial charge is 0.496 e. The van der Waals surface area contributed by atoms with Crippen molar-refractivity contribution in [1.29, 1.82) is 5.26 Å². The molecular weight excluding hydrogens is 570 g/mol. The van der Waals surface area contributed by atoms with Crippen LogP contribution in [0.3, 0.4) is 0 Å². The quantitative estimate of drug-likeness (QED) is 0.141. The van der Waals surface area contributed by atoms with Gasteiger partial charge in [-0.05, 0) is 85.2 Å². The van der Waals surface area contributed by atoms with Crippen molar-refractivity contribution in [3.05, 3.63) is 131 Å². The minimum Gasteiger partial charge on any atom is -0.496 e. The molecule has 0 amide bonds. The Balaban J connectivity index is 1.57. The van der Waals surface area contributed by atoms with E-state index in [0.717, 1.165) is 52.7 Å². The van der Waals surface area contributed by atoms with Crippen LogP contribution in [-0.4, -0.2) is 32.2 Å². The summed E-state index contributed by atoms with van der Waals surface area (Å²) in [5.74, 6) is 1.58. The minimum atomic E-state index is -0.0123. The van der Waals surface area contributed by atoms with Crippen molar-refractivity contribution < 1.29 is 19.0 Å². The van der Waals surface area contributed by atoms with Crippen LogP contribution in [0.5, 0.6) is 11.5 Å². The van der Waals surface area contributed by atoms with Gasteiger partial charge in [-0.1, -0.05) is 80.3 Å². The van der Waals surface area contributed by atoms with Crippen molar-refractivity contribution in [2.75, 3.05) is 20.3 Å². The molecule has 2 atom stereocenters. The average molecular weight is 616 g/mol. The molecule has 0 aliphatic carbocycles. The van der Waals surface area contributed by atoms with E-state index in [1.165, 1.54) is 5.56 Å². The van der Waals surface area contributed by atoms with Gasteiger partial charge in [-0.2, -0.15) is 5.26 Å². The zero-order valence-electron chi connectivity index (χ0n) is 27.8. The molecule has 4 rings (SSSR count). The first kappa shape index (κ1) is 34.2. The molecule has 1 aliphatic rings. The Hall–Kier alpha value is -4.66. The van der Waals surface area contributed by atoms with Gasteiger partial charge in [-0.15, -0.1) is 0 Å². The van der Waals surface area contributed by atoms with Crippen molar-refractivity contribution in [1.82, 2.24) is 0 Å². The van der Waals surface area contributed by atoms with Gasteiger partial charge in [0.2, 0.25) is 0 Å². The van der Waals surface area contributed by atoms with Crippen LogP contribution in [0.1, 0.15) is 79.6 Å². The highest BCUT2D eigenvalue weighted by Gasteiger charge is 2.28. The molecular formula is C41H45NO4. The number of aryl methyl sites for hydroxylation is 1. The summed E-state index contributed by atoms with van der Waals surface area (Å²) in [6.45, 7) is 13.6. The molecule has 0 N–H and O–H groups in total. The summed E-state index contributed by atoms with van der Waals surface area (Å²) < 4.78 is 18.0. The number of nitrogens with zero attached hydrogens (tertiary/aromatic N) is 1. The number of ketones is 1. The average Bonchev–Trinajstić information content (AvgIpc) is 3.09. The highest BCUT2D eigenvalue weighted by atomic mass is 16.5. The molecule has 1 heterocycles. The molecule has 3 aromatic rings. The summed E-state index contributed by atoms with van der Waals surface area (Å²) in [5, 5.41) is 10.2. The normalized spacial score (nSPS) is 17.3. The van der Waals surface area contributed by atoms with E-state index in [2.05, 4.69) is 36.9 Å². The van der Waals surface area contributed by atoms with Crippen molar-refractivity contribution >= 4 is 16.9 Å². The predicted molar refractivity (Wildman–Crippen MR) is 187 cm³/mol. The van der Waals surface area contributed by atoms with Crippen LogP contribution in [0.2, 0.25) is 0 Å². The Morgan fingerprint density at radius 1 is 1.07 bits per heavy atom. The topological polar surface area (TPSA) is 68.6 Å². The molecule has 1 saturated heterocycles. The predicted octanol–water partition coefficient (Wildman–Crippen LogP) is 9.59. The molecule has 0 bridgehead atoms. The SMILES string of the molecule is C=C(/C=C(\C)c1ccc(C(=O)CC)cc1OC)/C(C)=C(\C=C/C)c1ccc(OC2CCOCC2CCc2ccccc2)c(C#N)c1. The Morgan fingerprint density at radius 2 is 1.83 bits per heavy atom. The summed E-state index contributed by atoms with van der Waals surface area (Å²) in [7, 11) is 1.61. The lowest BCUT2D eigenvalue weighted by molar-refractivity contribution is -0.0264. The molecule has 238 valence electrons. The lowest BCUT2D eigenvalue weighted by Crippen LogP contribution is -2.36. The van der Waals surface area contributed by atoms with E-state index >= 15 is 0 Å². The molecule has 0 spiro atoms. The number of Topliss-reactive ketones (excluding diaryl/α,β-unsaturated/α-hetero) is 1. The van der Waals surface area contributed by atoms with Gasteiger partial charge in [0, 0.05) is 29.9 Å². The van der Waals surface area contributed by atoms with Gasteiger partial charge in [0.15, 0.2) is 5.78 Å². The van der Waals surface area contributed by atoms with Crippen LogP contribution in [0.25, 0.3) is 11.1 Å². The summed E-state index contributed by atoms with van der Waals surface area (Å²) in [5.41, 5.74) is 8.03. The number of allylic oxidation sites excluding steroid dienone is 7. The van der Waals surface area contributed by atoms with Crippen LogP contribution in [0.15, 0.2) is 103 Å². The van der Waals surface area contributed by atoms with Crippen LogP contribution in [0.4, 0.5) is 0 Å². The maximum absolute atomic E-state index is 12.2. The fraction of sp³-hybridized carbons (Fsp3) is 0.317. The number of methoxy groups -OCH3 is 1. The summed E-state index contributed by atoms with van der Waals surface area (Å²) in [6.07, 6.45) is 9.21. The number of rotatable bonds is 13. The van der Waals surface area contributed by atoms with E-state index < -0.39 is 0 Å². The fourth-order valence-corrected chi connectivity index (χ4v) is 5.87. The third-order valence-corrected chi connectivity index (χ3v) is 8.62. The zero-order chi connectivity index (χ0) is 33.1. The number of benzene rings is 3. The molecule has 5 nitrogen and oxygen atoms in total. The molecule has 46 heavy (non-hydrogen) atoms. The number of ether oxygens (including phenoxy) is 3. The third kappa shape index (κ3) is 8.53. The van der Waals surface area contributed by atoms with E-state index in [0.29, 0.717) is 42.3 Å². The first-order valence-electron chi connectivity index (χ1n) is 16.0. The van der Waals surface area contributed by atoms with Gasteiger partial charge < -0.3 is 14.2 Å². The van der Waals surface area contributed by atoms with Gasteiger partial charge in [-0.3, -0.25) is 4.79 Å². The lowest BCUT2D eigenvalue weighted by atomic mass is 9.91. The van der Waals surface area contributed by atoms with Crippen molar-refractivity contribution in [3.8, 4) is 17.6 Å². The van der Waals surface area contributed by atoms with Crippen LogP contribution in [-0.2, 0) is 11.2 Å². The second kappa shape index (κ2) is 16.6. The monoisotopic (exact) mass is 615 g/mol. The number of carbonyl (C=O) groups excluding carboxylic acids is 1. The molecule has 0 aromatic heterocycles. The zero-order valence-corrected chi connectivity index (χ0v) is 27.8. The van der Waals surface area contributed by atoms with Gasteiger partial charge in [0.25, 0.3) is 0 Å². The van der Waals surface area contributed by atoms with Crippen LogP contribution in [0, 0.1) is 17.2 Å². The molecule has 0 radical (unpaired) electrons. The van der Waals surface area contributed by atoms with Gasteiger partial charge in [0.1, 0.15) is 23.7 Å². The summed E-state index contributed by atoms with van der Waals surface area (Å²) in [6, 6.07) is 24.3. The standard InChI is InChI=1S/C41H45NO4/c1-7-12-37(30(5)28(3)23-29(4)36-19-17-33(38(43)8-2)25-41(36)44-6)32-18-20-39(35(24-32)26-42)46-40-21-22-45-27-34(40)16-15-31-13-10-9-11-14-31/h7,9-14,17-20,23-25,34,40H,3,8,15-16,21-22,27H2,1-2,4-6H3/b12-7-,29-23+,37-30+. The molecule has 0 saturated carbocycles. The number of carbonyl (C=O) groups is 1. The van der Waals surface area contributed by atoms with E-state index in [4.69, 9.17) is 14.2 Å². The second-order valence-corrected chi connectivity index (χ2v) is 11.7. The van der Waals surface area contributed by atoms with Crippen molar-refractivity contribution in [3.63, 3.8) is 0 Å². The Kier molecular flexibility index (Phi) is 12.3. The Bertz CT molecular complexity index is 1670. The van der Waals surface area contributed by atoms with Crippen molar-refractivity contribution in [2.45, 2.75) is 59.5 Å². The first-order chi connectivity index (χ1) is 22.3. The number of hydrogen-bond donors (Lipinski definition) is 0. The molecule has 1 aliphatic heterocycles. The molecule has 5 heteroatoms. The van der Waals surface area contributed by atoms with E-state index in [1.54, 1.807) is 13.2 Å². The van der Waals surface area contributed by atoms with Crippen LogP contribution < -0.4 is 9.47 Å². The maximum atomic E-state index is 12.2. The summed E-state index contributed by atoms with van der Waals surface area (Å²) in [4.78, 5) is 12.2. The summed E-state index contributed by atoms with van der Waals surface area (Å²) >= 11 is 0. The lowest BCUT2D eigenvalue weighted by Gasteiger charge is -2.32. The minimum absolute atomic E-state index is 0.0123. The van der Waals surface area contributed by atoms with Crippen molar-refractivity contribution in [2.24, 2.45) is 5.92 Å². The van der Waals surface area contributed by atoms with Gasteiger partial charge in [-0.25, -0.2) is 0 Å². The smallest absolute Gasteiger partial charge is 0.162 e. The van der Waals surface area contributed by atoms with E-state index in [9.17, 15) is 10.1 Å². The van der Waals surface area contributed by atoms with E-state index in [-0.39, 0.29) is 17.8 Å². The van der Waals surface area contributed by atoms with Gasteiger partial charge in [0.05, 0.1) is 25.9 Å². The second-order valence-electron chi connectivity index (χ2n) is 11.7. The fourth-order valence-electron chi connectivity index (χ4n) is 5.87. The van der Waals surface area contributed by atoms with Crippen LogP contribution >= 0.6 is 0 Å². The first-order valence-corrected chi connectivity index (χ1v) is 16.0.